The molecular formula is C13H17N3O4S. The summed E-state index contributed by atoms with van der Waals surface area (Å²) in [6, 6.07) is 6.39. The first-order valence-corrected chi connectivity index (χ1v) is 7.73. The maximum Gasteiger partial charge on any atom is 0.244 e. The van der Waals surface area contributed by atoms with E-state index in [1.807, 2.05) is 0 Å². The number of aryl methyl sites for hydroxylation is 1. The Morgan fingerprint density at radius 2 is 2.14 bits per heavy atom. The second-order valence-corrected chi connectivity index (χ2v) is 6.18. The molecule has 21 heavy (non-hydrogen) atoms. The van der Waals surface area contributed by atoms with Crippen molar-refractivity contribution in [2.24, 2.45) is 5.73 Å². The van der Waals surface area contributed by atoms with Crippen molar-refractivity contribution in [2.45, 2.75) is 24.9 Å². The van der Waals surface area contributed by atoms with Gasteiger partial charge in [0.05, 0.1) is 19.3 Å². The van der Waals surface area contributed by atoms with Crippen molar-refractivity contribution >= 4 is 10.0 Å². The fourth-order valence-electron chi connectivity index (χ4n) is 1.81. The van der Waals surface area contributed by atoms with Crippen LogP contribution >= 0.6 is 0 Å². The van der Waals surface area contributed by atoms with Gasteiger partial charge in [0.25, 0.3) is 0 Å². The molecule has 1 aromatic heterocycles. The molecule has 7 nitrogen and oxygen atoms in total. The average molecular weight is 311 g/mol. The molecule has 0 aliphatic heterocycles. The van der Waals surface area contributed by atoms with Crippen LogP contribution in [0.3, 0.4) is 0 Å². The highest BCUT2D eigenvalue weighted by Crippen LogP contribution is 2.24. The van der Waals surface area contributed by atoms with Crippen molar-refractivity contribution in [2.75, 3.05) is 7.11 Å². The predicted molar refractivity (Wildman–Crippen MR) is 76.2 cm³/mol. The number of nitrogens with zero attached hydrogens (tertiary/aromatic N) is 1. The van der Waals surface area contributed by atoms with Crippen molar-refractivity contribution in [3.05, 3.63) is 41.3 Å². The van der Waals surface area contributed by atoms with E-state index >= 15 is 0 Å². The van der Waals surface area contributed by atoms with Crippen molar-refractivity contribution in [3.63, 3.8) is 0 Å². The van der Waals surface area contributed by atoms with Gasteiger partial charge in [-0.25, -0.2) is 13.1 Å². The van der Waals surface area contributed by atoms with Gasteiger partial charge in [0.1, 0.15) is 16.4 Å². The molecule has 0 radical (unpaired) electrons. The molecule has 1 aromatic carbocycles. The molecule has 114 valence electrons. The summed E-state index contributed by atoms with van der Waals surface area (Å²) >= 11 is 0. The van der Waals surface area contributed by atoms with Gasteiger partial charge in [-0.1, -0.05) is 11.2 Å². The SMILES string of the molecule is COc1cc(CN)ccc1S(=O)(=O)NCc1cc(C)on1. The topological polar surface area (TPSA) is 107 Å². The largest absolute Gasteiger partial charge is 0.495 e. The van der Waals surface area contributed by atoms with Crippen LogP contribution in [0.4, 0.5) is 0 Å². The molecule has 8 heteroatoms. The molecule has 0 amide bonds. The molecule has 0 spiro atoms. The van der Waals surface area contributed by atoms with E-state index in [4.69, 9.17) is 15.0 Å². The third kappa shape index (κ3) is 3.60. The highest BCUT2D eigenvalue weighted by atomic mass is 32.2. The van der Waals surface area contributed by atoms with Crippen LogP contribution in [0.1, 0.15) is 17.0 Å². The van der Waals surface area contributed by atoms with E-state index in [-0.39, 0.29) is 17.2 Å². The van der Waals surface area contributed by atoms with Crippen LogP contribution in [-0.4, -0.2) is 20.7 Å². The van der Waals surface area contributed by atoms with Crippen LogP contribution in [0.2, 0.25) is 0 Å². The first kappa shape index (κ1) is 15.5. The van der Waals surface area contributed by atoms with Crippen LogP contribution in [-0.2, 0) is 23.1 Å². The summed E-state index contributed by atoms with van der Waals surface area (Å²) in [6.45, 7) is 2.09. The van der Waals surface area contributed by atoms with Crippen molar-refractivity contribution in [3.8, 4) is 5.75 Å². The third-order valence-corrected chi connectivity index (χ3v) is 4.31. The minimum atomic E-state index is -3.71. The van der Waals surface area contributed by atoms with Crippen LogP contribution in [0.25, 0.3) is 0 Å². The molecule has 0 fully saturated rings. The standard InChI is InChI=1S/C13H17N3O4S/c1-9-5-11(16-20-9)8-15-21(17,18)13-4-3-10(7-14)6-12(13)19-2/h3-6,15H,7-8,14H2,1-2H3. The van der Waals surface area contributed by atoms with Crippen molar-refractivity contribution in [1.82, 2.24) is 9.88 Å². The van der Waals surface area contributed by atoms with Crippen LogP contribution in [0.5, 0.6) is 5.75 Å². The van der Waals surface area contributed by atoms with Gasteiger partial charge in [-0.15, -0.1) is 0 Å². The van der Waals surface area contributed by atoms with Gasteiger partial charge in [0, 0.05) is 12.6 Å². The molecule has 0 unspecified atom stereocenters. The number of hydrogen-bond donors (Lipinski definition) is 2. The third-order valence-electron chi connectivity index (χ3n) is 2.87. The molecule has 1 heterocycles. The van der Waals surface area contributed by atoms with Gasteiger partial charge >= 0.3 is 0 Å². The second kappa shape index (κ2) is 6.25. The Balaban J connectivity index is 2.22. The summed E-state index contributed by atoms with van der Waals surface area (Å²) < 4.78 is 37.1. The number of rotatable bonds is 6. The fourth-order valence-corrected chi connectivity index (χ4v) is 2.96. The lowest BCUT2D eigenvalue weighted by atomic mass is 10.2. The molecule has 2 rings (SSSR count). The molecular weight excluding hydrogens is 294 g/mol. The van der Waals surface area contributed by atoms with E-state index in [0.717, 1.165) is 5.56 Å². The van der Waals surface area contributed by atoms with E-state index in [2.05, 4.69) is 9.88 Å². The molecule has 2 aromatic rings. The number of ether oxygens (including phenoxy) is 1. The van der Waals surface area contributed by atoms with Crippen molar-refractivity contribution < 1.29 is 17.7 Å². The lowest BCUT2D eigenvalue weighted by Gasteiger charge is -2.11. The molecule has 0 saturated heterocycles. The number of sulfonamides is 1. The lowest BCUT2D eigenvalue weighted by molar-refractivity contribution is 0.389. The van der Waals surface area contributed by atoms with Gasteiger partial charge in [-0.2, -0.15) is 0 Å². The summed E-state index contributed by atoms with van der Waals surface area (Å²) in [5, 5.41) is 3.73. The van der Waals surface area contributed by atoms with Gasteiger partial charge in [-0.3, -0.25) is 0 Å². The van der Waals surface area contributed by atoms with Crippen LogP contribution in [0.15, 0.2) is 33.7 Å². The summed E-state index contributed by atoms with van der Waals surface area (Å²) in [5.74, 6) is 0.871. The average Bonchev–Trinajstić information content (AvgIpc) is 2.90. The number of nitrogens with one attached hydrogen (secondary N) is 1. The Morgan fingerprint density at radius 3 is 2.71 bits per heavy atom. The number of benzene rings is 1. The Bertz CT molecular complexity index is 725. The summed E-state index contributed by atoms with van der Waals surface area (Å²) in [7, 11) is -2.30. The Hall–Kier alpha value is -1.90. The molecule has 0 aliphatic carbocycles. The summed E-state index contributed by atoms with van der Waals surface area (Å²) in [5.41, 5.74) is 6.83. The fraction of sp³-hybridized carbons (Fsp3) is 0.308. The summed E-state index contributed by atoms with van der Waals surface area (Å²) in [6.07, 6.45) is 0. The molecule has 0 aliphatic rings. The van der Waals surface area contributed by atoms with E-state index in [1.165, 1.54) is 13.2 Å². The first-order chi connectivity index (χ1) is 9.96. The highest BCUT2D eigenvalue weighted by Gasteiger charge is 2.20. The minimum absolute atomic E-state index is 0.0431. The van der Waals surface area contributed by atoms with E-state index in [1.54, 1.807) is 25.1 Å². The van der Waals surface area contributed by atoms with Gasteiger partial charge in [0.2, 0.25) is 10.0 Å². The molecule has 0 saturated carbocycles. The van der Waals surface area contributed by atoms with Gasteiger partial charge < -0.3 is 15.0 Å². The Morgan fingerprint density at radius 1 is 1.38 bits per heavy atom. The highest BCUT2D eigenvalue weighted by molar-refractivity contribution is 7.89. The Labute approximate surface area is 123 Å². The molecule has 0 bridgehead atoms. The maximum absolute atomic E-state index is 12.3. The zero-order chi connectivity index (χ0) is 15.5. The lowest BCUT2D eigenvalue weighted by Crippen LogP contribution is -2.24. The number of methoxy groups -OCH3 is 1. The molecule has 3 N–H and O–H groups in total. The number of nitrogens with two attached hydrogens (primary N) is 1. The second-order valence-electron chi connectivity index (χ2n) is 4.44. The minimum Gasteiger partial charge on any atom is -0.495 e. The van der Waals surface area contributed by atoms with Crippen molar-refractivity contribution in [1.29, 1.82) is 0 Å². The number of aromatic nitrogens is 1. The van der Waals surface area contributed by atoms with E-state index < -0.39 is 10.0 Å². The zero-order valence-corrected chi connectivity index (χ0v) is 12.6. The van der Waals surface area contributed by atoms with Crippen LogP contribution in [0, 0.1) is 6.92 Å². The Kier molecular flexibility index (Phi) is 4.61. The van der Waals surface area contributed by atoms with Gasteiger partial charge in [-0.05, 0) is 24.6 Å². The number of hydrogen-bond acceptors (Lipinski definition) is 6. The van der Waals surface area contributed by atoms with E-state index in [9.17, 15) is 8.42 Å². The maximum atomic E-state index is 12.3. The van der Waals surface area contributed by atoms with Gasteiger partial charge in [0.15, 0.2) is 0 Å². The zero-order valence-electron chi connectivity index (χ0n) is 11.8. The molecule has 0 atom stereocenters. The predicted octanol–water partition coefficient (Wildman–Crippen LogP) is 0.929. The normalized spacial score (nSPS) is 11.6. The van der Waals surface area contributed by atoms with E-state index in [0.29, 0.717) is 18.0 Å². The van der Waals surface area contributed by atoms with Crippen LogP contribution < -0.4 is 15.2 Å². The monoisotopic (exact) mass is 311 g/mol. The summed E-state index contributed by atoms with van der Waals surface area (Å²) in [4.78, 5) is 0.0578. The quantitative estimate of drug-likeness (QED) is 0.821. The smallest absolute Gasteiger partial charge is 0.244 e. The first-order valence-electron chi connectivity index (χ1n) is 6.25.